The summed E-state index contributed by atoms with van der Waals surface area (Å²) in [6.07, 6.45) is 0. The molecule has 1 atom stereocenters. The zero-order valence-corrected chi connectivity index (χ0v) is 23.4. The molecule has 0 saturated carbocycles. The SMILES string of the molecule is CC1(C)c2ccccc2-c2c1ccc1c2-c2ccccc2C12c1ccccc1-c1ccc(OS(=O)(=O)C(F)(F)F)cc12. The topological polar surface area (TPSA) is 43.4 Å². The predicted molar refractivity (Wildman–Crippen MR) is 156 cm³/mol. The minimum absolute atomic E-state index is 0.218. The summed E-state index contributed by atoms with van der Waals surface area (Å²) in [5.41, 5.74) is 5.76. The van der Waals surface area contributed by atoms with Gasteiger partial charge in [0.25, 0.3) is 0 Å². The van der Waals surface area contributed by atoms with E-state index < -0.39 is 21.0 Å². The van der Waals surface area contributed by atoms with Gasteiger partial charge in [0.05, 0.1) is 5.41 Å². The Morgan fingerprint density at radius 1 is 0.571 bits per heavy atom. The lowest BCUT2D eigenvalue weighted by atomic mass is 9.70. The summed E-state index contributed by atoms with van der Waals surface area (Å²) in [4.78, 5) is 0. The van der Waals surface area contributed by atoms with E-state index in [0.29, 0.717) is 5.56 Å². The van der Waals surface area contributed by atoms with Crippen LogP contribution in [0.25, 0.3) is 33.4 Å². The van der Waals surface area contributed by atoms with E-state index in [1.54, 1.807) is 6.07 Å². The Morgan fingerprint density at radius 2 is 1.07 bits per heavy atom. The summed E-state index contributed by atoms with van der Waals surface area (Å²) in [7, 11) is -5.85. The molecule has 3 nitrogen and oxygen atoms in total. The van der Waals surface area contributed by atoms with Crippen LogP contribution in [0.3, 0.4) is 0 Å². The monoisotopic (exact) mass is 580 g/mol. The Labute approximate surface area is 241 Å². The number of rotatable bonds is 2. The Kier molecular flexibility index (Phi) is 4.78. The van der Waals surface area contributed by atoms with Crippen LogP contribution in [0.2, 0.25) is 0 Å². The highest BCUT2D eigenvalue weighted by Gasteiger charge is 2.54. The van der Waals surface area contributed by atoms with E-state index in [9.17, 15) is 21.6 Å². The quantitative estimate of drug-likeness (QED) is 0.152. The maximum absolute atomic E-state index is 13.3. The van der Waals surface area contributed by atoms with E-state index in [0.717, 1.165) is 44.5 Å². The van der Waals surface area contributed by atoms with Crippen LogP contribution in [0, 0.1) is 0 Å². The lowest BCUT2D eigenvalue weighted by molar-refractivity contribution is -0.0500. The molecule has 5 aromatic rings. The first kappa shape index (κ1) is 25.4. The molecule has 5 aromatic carbocycles. The average Bonchev–Trinajstić information content (AvgIpc) is 3.51. The van der Waals surface area contributed by atoms with Crippen molar-refractivity contribution in [3.63, 3.8) is 0 Å². The lowest BCUT2D eigenvalue weighted by Gasteiger charge is -2.31. The molecule has 0 radical (unpaired) electrons. The third kappa shape index (κ3) is 2.94. The van der Waals surface area contributed by atoms with Gasteiger partial charge < -0.3 is 4.18 Å². The zero-order valence-electron chi connectivity index (χ0n) is 22.6. The largest absolute Gasteiger partial charge is 0.534 e. The second kappa shape index (κ2) is 7.92. The number of fused-ring (bicyclic) bond motifs is 14. The lowest BCUT2D eigenvalue weighted by Crippen LogP contribution is -2.28. The highest BCUT2D eigenvalue weighted by molar-refractivity contribution is 7.88. The maximum atomic E-state index is 13.3. The molecular formula is C35H23F3O3S. The number of benzene rings is 5. The first-order valence-corrected chi connectivity index (χ1v) is 15.0. The molecule has 0 aromatic heterocycles. The average molecular weight is 581 g/mol. The minimum Gasteiger partial charge on any atom is -0.376 e. The van der Waals surface area contributed by atoms with Gasteiger partial charge in [-0.3, -0.25) is 0 Å². The van der Waals surface area contributed by atoms with Crippen LogP contribution in [-0.2, 0) is 20.9 Å². The summed E-state index contributed by atoms with van der Waals surface area (Å²) in [5.74, 6) is -0.378. The van der Waals surface area contributed by atoms with Crippen molar-refractivity contribution in [1.29, 1.82) is 0 Å². The fraction of sp³-hybridized carbons (Fsp3) is 0.143. The van der Waals surface area contributed by atoms with Crippen molar-refractivity contribution in [3.05, 3.63) is 137 Å². The molecule has 0 aliphatic heterocycles. The van der Waals surface area contributed by atoms with Crippen LogP contribution in [0.15, 0.2) is 103 Å². The standard InChI is InChI=1S/C35H23F3O3S/c1-33(2)25-12-6-4-10-23(25)31-28(33)17-18-29-32(31)24-11-5-8-14-27(24)34(29)26-13-7-3-9-21(26)22-16-15-20(19-30(22)34)41-42(39,40)35(36,37)38/h3-19H,1-2H3. The molecule has 0 fully saturated rings. The fourth-order valence-corrected chi connectivity index (χ4v) is 8.08. The van der Waals surface area contributed by atoms with E-state index in [-0.39, 0.29) is 11.2 Å². The third-order valence-corrected chi connectivity index (χ3v) is 10.2. The predicted octanol–water partition coefficient (Wildman–Crippen LogP) is 8.56. The second-order valence-corrected chi connectivity index (χ2v) is 13.2. The van der Waals surface area contributed by atoms with Crippen LogP contribution in [0.4, 0.5) is 13.2 Å². The van der Waals surface area contributed by atoms with Crippen molar-refractivity contribution in [2.24, 2.45) is 0 Å². The normalized spacial score (nSPS) is 18.6. The van der Waals surface area contributed by atoms with Gasteiger partial charge >= 0.3 is 15.6 Å². The summed E-state index contributed by atoms with van der Waals surface area (Å²) < 4.78 is 68.6. The van der Waals surface area contributed by atoms with Gasteiger partial charge in [-0.05, 0) is 78.9 Å². The summed E-state index contributed by atoms with van der Waals surface area (Å²) in [6, 6.07) is 33.3. The molecule has 0 N–H and O–H groups in total. The van der Waals surface area contributed by atoms with Crippen molar-refractivity contribution in [1.82, 2.24) is 0 Å². The number of halogens is 3. The third-order valence-electron chi connectivity index (χ3n) is 9.26. The van der Waals surface area contributed by atoms with Gasteiger partial charge in [0.2, 0.25) is 0 Å². The van der Waals surface area contributed by atoms with Crippen LogP contribution in [0.1, 0.15) is 47.2 Å². The van der Waals surface area contributed by atoms with Crippen molar-refractivity contribution < 1.29 is 25.8 Å². The van der Waals surface area contributed by atoms with Gasteiger partial charge in [-0.25, -0.2) is 0 Å². The maximum Gasteiger partial charge on any atom is 0.534 e. The van der Waals surface area contributed by atoms with Crippen molar-refractivity contribution in [2.45, 2.75) is 30.2 Å². The molecule has 0 heterocycles. The molecule has 3 aliphatic carbocycles. The van der Waals surface area contributed by atoms with Gasteiger partial charge in [0.15, 0.2) is 0 Å². The number of hydrogen-bond donors (Lipinski definition) is 0. The van der Waals surface area contributed by atoms with Crippen molar-refractivity contribution >= 4 is 10.1 Å². The van der Waals surface area contributed by atoms with E-state index in [1.807, 2.05) is 36.4 Å². The van der Waals surface area contributed by atoms with Gasteiger partial charge in [0.1, 0.15) is 5.75 Å². The first-order chi connectivity index (χ1) is 20.0. The molecule has 0 amide bonds. The smallest absolute Gasteiger partial charge is 0.376 e. The van der Waals surface area contributed by atoms with Crippen LogP contribution in [0.5, 0.6) is 5.75 Å². The van der Waals surface area contributed by atoms with Gasteiger partial charge in [-0.15, -0.1) is 0 Å². The molecule has 3 aliphatic rings. The van der Waals surface area contributed by atoms with Crippen molar-refractivity contribution in [3.8, 4) is 39.1 Å². The van der Waals surface area contributed by atoms with E-state index in [2.05, 4.69) is 66.6 Å². The van der Waals surface area contributed by atoms with Gasteiger partial charge in [-0.1, -0.05) is 105 Å². The second-order valence-electron chi connectivity index (χ2n) is 11.6. The molecule has 42 heavy (non-hydrogen) atoms. The molecule has 1 spiro atoms. The molecule has 7 heteroatoms. The number of hydrogen-bond acceptors (Lipinski definition) is 3. The van der Waals surface area contributed by atoms with Gasteiger partial charge in [-0.2, -0.15) is 21.6 Å². The molecule has 1 unspecified atom stereocenters. The number of alkyl halides is 3. The summed E-state index contributed by atoms with van der Waals surface area (Å²) in [6.45, 7) is 4.46. The summed E-state index contributed by atoms with van der Waals surface area (Å²) in [5, 5.41) is 0. The van der Waals surface area contributed by atoms with Gasteiger partial charge in [0, 0.05) is 5.41 Å². The van der Waals surface area contributed by atoms with E-state index in [4.69, 9.17) is 0 Å². The molecule has 0 saturated heterocycles. The Bertz CT molecular complexity index is 2110. The molecular weight excluding hydrogens is 557 g/mol. The van der Waals surface area contributed by atoms with Crippen LogP contribution in [-0.4, -0.2) is 13.9 Å². The molecule has 8 rings (SSSR count). The fourth-order valence-electron chi connectivity index (χ4n) is 7.62. The molecule has 208 valence electrons. The van der Waals surface area contributed by atoms with E-state index >= 15 is 0 Å². The van der Waals surface area contributed by atoms with Crippen LogP contribution < -0.4 is 4.18 Å². The Balaban J connectivity index is 1.49. The Hall–Kier alpha value is -4.36. The molecule has 0 bridgehead atoms. The highest BCUT2D eigenvalue weighted by atomic mass is 32.2. The van der Waals surface area contributed by atoms with Crippen LogP contribution >= 0.6 is 0 Å². The minimum atomic E-state index is -5.85. The summed E-state index contributed by atoms with van der Waals surface area (Å²) >= 11 is 0. The van der Waals surface area contributed by atoms with Crippen molar-refractivity contribution in [2.75, 3.05) is 0 Å². The highest BCUT2D eigenvalue weighted by Crippen LogP contribution is 2.66. The zero-order chi connectivity index (χ0) is 29.2. The first-order valence-electron chi connectivity index (χ1n) is 13.6. The Morgan fingerprint density at radius 3 is 1.74 bits per heavy atom. The van der Waals surface area contributed by atoms with E-state index in [1.165, 1.54) is 28.8 Å².